The van der Waals surface area contributed by atoms with Gasteiger partial charge in [0.1, 0.15) is 5.69 Å². The fourth-order valence-electron chi connectivity index (χ4n) is 3.09. The molecule has 1 fully saturated rings. The number of anilines is 1. The molecule has 5 nitrogen and oxygen atoms in total. The lowest BCUT2D eigenvalue weighted by atomic mass is 9.75. The minimum atomic E-state index is -0.412. The van der Waals surface area contributed by atoms with Gasteiger partial charge in [-0.3, -0.25) is 15.0 Å². The zero-order valence-electron chi connectivity index (χ0n) is 13.1. The Morgan fingerprint density at radius 2 is 1.95 bits per heavy atom. The first-order chi connectivity index (χ1) is 9.79. The zero-order valence-corrected chi connectivity index (χ0v) is 13.1. The Labute approximate surface area is 126 Å². The maximum absolute atomic E-state index is 10.9. The Hall–Kier alpha value is -1.62. The summed E-state index contributed by atoms with van der Waals surface area (Å²) in [5, 5.41) is 10.9. The van der Waals surface area contributed by atoms with E-state index < -0.39 is 4.92 Å². The Balaban J connectivity index is 2.01. The number of nitrogens with two attached hydrogens (primary N) is 1. The van der Waals surface area contributed by atoms with Gasteiger partial charge in [-0.25, -0.2) is 0 Å². The summed E-state index contributed by atoms with van der Waals surface area (Å²) in [4.78, 5) is 12.9. The minimum Gasteiger partial charge on any atom is -0.393 e. The average molecular weight is 291 g/mol. The first-order valence-electron chi connectivity index (χ1n) is 7.53. The predicted molar refractivity (Wildman–Crippen MR) is 85.0 cm³/mol. The Morgan fingerprint density at radius 1 is 1.33 bits per heavy atom. The number of nitrogen functional groups attached to an aromatic ring is 1. The zero-order chi connectivity index (χ0) is 15.6. The van der Waals surface area contributed by atoms with Crippen molar-refractivity contribution in [1.82, 2.24) is 4.90 Å². The van der Waals surface area contributed by atoms with Crippen LogP contribution < -0.4 is 5.73 Å². The quantitative estimate of drug-likeness (QED) is 0.526. The van der Waals surface area contributed by atoms with Gasteiger partial charge < -0.3 is 5.73 Å². The molecule has 0 amide bonds. The fraction of sp³-hybridized carbons (Fsp3) is 0.625. The number of nitrogens with zero attached hydrogens (tertiary/aromatic N) is 2. The van der Waals surface area contributed by atoms with E-state index in [1.165, 1.54) is 18.9 Å². The van der Waals surface area contributed by atoms with Crippen LogP contribution >= 0.6 is 0 Å². The summed E-state index contributed by atoms with van der Waals surface area (Å²) >= 11 is 0. The molecular weight excluding hydrogens is 266 g/mol. The van der Waals surface area contributed by atoms with Crippen LogP contribution in [0.15, 0.2) is 18.2 Å². The van der Waals surface area contributed by atoms with Gasteiger partial charge in [-0.2, -0.15) is 0 Å². The lowest BCUT2D eigenvalue weighted by molar-refractivity contribution is -0.384. The van der Waals surface area contributed by atoms with E-state index in [1.807, 2.05) is 6.07 Å². The van der Waals surface area contributed by atoms with Crippen molar-refractivity contribution >= 4 is 11.4 Å². The van der Waals surface area contributed by atoms with Crippen molar-refractivity contribution < 1.29 is 4.92 Å². The van der Waals surface area contributed by atoms with E-state index in [9.17, 15) is 10.1 Å². The number of nitro groups is 1. The van der Waals surface area contributed by atoms with Crippen LogP contribution in [0.3, 0.4) is 0 Å². The third-order valence-corrected chi connectivity index (χ3v) is 4.58. The molecule has 21 heavy (non-hydrogen) atoms. The lowest BCUT2D eigenvalue weighted by Gasteiger charge is -2.38. The topological polar surface area (TPSA) is 72.4 Å². The highest BCUT2D eigenvalue weighted by atomic mass is 16.6. The number of rotatable bonds is 3. The number of likely N-dealkylation sites (tertiary alicyclic amines) is 1. The third kappa shape index (κ3) is 3.73. The number of piperidine rings is 1. The predicted octanol–water partition coefficient (Wildman–Crippen LogP) is 3.44. The molecule has 0 atom stereocenters. The van der Waals surface area contributed by atoms with Crippen LogP contribution in [-0.2, 0) is 6.54 Å². The van der Waals surface area contributed by atoms with Crippen LogP contribution in [0.1, 0.15) is 39.2 Å². The molecular formula is C16H25N3O2. The van der Waals surface area contributed by atoms with Gasteiger partial charge in [-0.15, -0.1) is 0 Å². The van der Waals surface area contributed by atoms with Crippen molar-refractivity contribution in [2.75, 3.05) is 18.8 Å². The first kappa shape index (κ1) is 15.8. The Kier molecular flexibility index (Phi) is 4.52. The molecule has 0 bridgehead atoms. The molecule has 1 aliphatic rings. The number of hydrogen-bond acceptors (Lipinski definition) is 4. The van der Waals surface area contributed by atoms with E-state index in [0.717, 1.165) is 24.6 Å². The van der Waals surface area contributed by atoms with Crippen LogP contribution in [0, 0.1) is 21.4 Å². The molecule has 5 heteroatoms. The molecule has 1 aliphatic heterocycles. The van der Waals surface area contributed by atoms with E-state index >= 15 is 0 Å². The summed E-state index contributed by atoms with van der Waals surface area (Å²) in [5.41, 5.74) is 7.46. The summed E-state index contributed by atoms with van der Waals surface area (Å²) in [6.07, 6.45) is 2.36. The standard InChI is InChI=1S/C16H25N3O2/c1-16(2,3)13-7-9-18(10-8-13)11-12-5-4-6-14(15(12)17)19(20)21/h4-6,13H,7-11,17H2,1-3H3. The minimum absolute atomic E-state index is 0.0112. The van der Waals surface area contributed by atoms with Gasteiger partial charge in [0.15, 0.2) is 0 Å². The van der Waals surface area contributed by atoms with Gasteiger partial charge in [-0.1, -0.05) is 32.9 Å². The third-order valence-electron chi connectivity index (χ3n) is 4.58. The molecule has 116 valence electrons. The van der Waals surface area contributed by atoms with Gasteiger partial charge in [-0.05, 0) is 42.8 Å². The van der Waals surface area contributed by atoms with Crippen molar-refractivity contribution in [2.24, 2.45) is 11.3 Å². The smallest absolute Gasteiger partial charge is 0.292 e. The molecule has 2 rings (SSSR count). The molecule has 2 N–H and O–H groups in total. The molecule has 1 heterocycles. The van der Waals surface area contributed by atoms with Gasteiger partial charge >= 0.3 is 0 Å². The Bertz CT molecular complexity index is 515. The monoisotopic (exact) mass is 291 g/mol. The van der Waals surface area contributed by atoms with Crippen molar-refractivity contribution in [3.63, 3.8) is 0 Å². The molecule has 1 aromatic carbocycles. The maximum Gasteiger partial charge on any atom is 0.292 e. The normalized spacial score (nSPS) is 17.9. The van der Waals surface area contributed by atoms with Gasteiger partial charge in [0.2, 0.25) is 0 Å². The van der Waals surface area contributed by atoms with E-state index in [0.29, 0.717) is 17.6 Å². The van der Waals surface area contributed by atoms with E-state index in [4.69, 9.17) is 5.73 Å². The van der Waals surface area contributed by atoms with Gasteiger partial charge in [0.25, 0.3) is 5.69 Å². The van der Waals surface area contributed by atoms with Crippen LogP contribution in [0.2, 0.25) is 0 Å². The highest BCUT2D eigenvalue weighted by Gasteiger charge is 2.29. The summed E-state index contributed by atoms with van der Waals surface area (Å²) in [6.45, 7) is 9.65. The second-order valence-corrected chi connectivity index (χ2v) is 7.02. The van der Waals surface area contributed by atoms with E-state index in [-0.39, 0.29) is 5.69 Å². The number of para-hydroxylation sites is 1. The van der Waals surface area contributed by atoms with Gasteiger partial charge in [0, 0.05) is 12.6 Å². The van der Waals surface area contributed by atoms with Gasteiger partial charge in [0.05, 0.1) is 4.92 Å². The molecule has 0 unspecified atom stereocenters. The second kappa shape index (κ2) is 6.02. The first-order valence-corrected chi connectivity index (χ1v) is 7.53. The van der Waals surface area contributed by atoms with E-state index in [1.54, 1.807) is 6.07 Å². The summed E-state index contributed by atoms with van der Waals surface area (Å²) in [5.74, 6) is 0.746. The number of hydrogen-bond donors (Lipinski definition) is 1. The lowest BCUT2D eigenvalue weighted by Crippen LogP contribution is -2.37. The van der Waals surface area contributed by atoms with Crippen molar-refractivity contribution in [1.29, 1.82) is 0 Å². The van der Waals surface area contributed by atoms with E-state index in [2.05, 4.69) is 25.7 Å². The van der Waals surface area contributed by atoms with Crippen molar-refractivity contribution in [2.45, 2.75) is 40.2 Å². The molecule has 0 radical (unpaired) electrons. The second-order valence-electron chi connectivity index (χ2n) is 7.02. The van der Waals surface area contributed by atoms with Crippen molar-refractivity contribution in [3.05, 3.63) is 33.9 Å². The molecule has 1 aromatic rings. The summed E-state index contributed by atoms with van der Waals surface area (Å²) in [7, 11) is 0. The molecule has 0 aromatic heterocycles. The Morgan fingerprint density at radius 3 is 2.48 bits per heavy atom. The molecule has 0 aliphatic carbocycles. The van der Waals surface area contributed by atoms with Crippen LogP contribution in [0.25, 0.3) is 0 Å². The van der Waals surface area contributed by atoms with Crippen LogP contribution in [-0.4, -0.2) is 22.9 Å². The largest absolute Gasteiger partial charge is 0.393 e. The van der Waals surface area contributed by atoms with Crippen molar-refractivity contribution in [3.8, 4) is 0 Å². The van der Waals surface area contributed by atoms with Crippen LogP contribution in [0.4, 0.5) is 11.4 Å². The molecule has 1 saturated heterocycles. The molecule has 0 spiro atoms. The molecule has 0 saturated carbocycles. The average Bonchev–Trinajstić information content (AvgIpc) is 2.40. The van der Waals surface area contributed by atoms with Crippen LogP contribution in [0.5, 0.6) is 0 Å². The number of nitro benzene ring substituents is 1. The highest BCUT2D eigenvalue weighted by molar-refractivity contribution is 5.62. The summed E-state index contributed by atoms with van der Waals surface area (Å²) < 4.78 is 0. The highest BCUT2D eigenvalue weighted by Crippen LogP contribution is 2.35. The SMILES string of the molecule is CC(C)(C)C1CCN(Cc2cccc([N+](=O)[O-])c2N)CC1. The maximum atomic E-state index is 10.9. The summed E-state index contributed by atoms with van der Waals surface area (Å²) in [6, 6.07) is 5.06. The number of benzene rings is 1. The fourth-order valence-corrected chi connectivity index (χ4v) is 3.09.